The molecule has 1 N–H and O–H groups in total. The normalized spacial score (nSPS) is 14.9. The minimum atomic E-state index is -0.576. The van der Waals surface area contributed by atoms with Crippen LogP contribution in [-0.2, 0) is 13.6 Å². The Morgan fingerprint density at radius 2 is 1.91 bits per heavy atom. The molecule has 0 aromatic carbocycles. The van der Waals surface area contributed by atoms with E-state index in [9.17, 15) is 14.4 Å². The molecule has 3 heterocycles. The molecule has 1 aliphatic heterocycles. The summed E-state index contributed by atoms with van der Waals surface area (Å²) in [5.74, 6) is -0.118. The molecule has 0 atom stereocenters. The molecular formula is C16H16N4O3. The SMILES string of the molecule is CCCn1c2c(c(=O)n(C)c1=O)C(=O)C(=Cc1ccncc1)N2. The van der Waals surface area contributed by atoms with Crippen LogP contribution < -0.4 is 16.6 Å². The second-order valence-electron chi connectivity index (χ2n) is 5.31. The number of nitrogens with zero attached hydrogens (tertiary/aromatic N) is 3. The fourth-order valence-electron chi connectivity index (χ4n) is 2.58. The lowest BCUT2D eigenvalue weighted by molar-refractivity contribution is 0.104. The maximum Gasteiger partial charge on any atom is 0.332 e. The number of hydrogen-bond acceptors (Lipinski definition) is 5. The van der Waals surface area contributed by atoms with E-state index in [0.29, 0.717) is 13.0 Å². The van der Waals surface area contributed by atoms with E-state index < -0.39 is 17.0 Å². The number of allylic oxidation sites excluding steroid dienone is 1. The van der Waals surface area contributed by atoms with Gasteiger partial charge in [0, 0.05) is 26.0 Å². The van der Waals surface area contributed by atoms with Gasteiger partial charge in [0.2, 0.25) is 5.78 Å². The summed E-state index contributed by atoms with van der Waals surface area (Å²) in [6.07, 6.45) is 5.59. The van der Waals surface area contributed by atoms with Crippen molar-refractivity contribution in [3.8, 4) is 0 Å². The molecule has 3 rings (SSSR count). The quantitative estimate of drug-likeness (QED) is 0.855. The van der Waals surface area contributed by atoms with Crippen molar-refractivity contribution in [2.45, 2.75) is 19.9 Å². The first-order valence-corrected chi connectivity index (χ1v) is 7.32. The average Bonchev–Trinajstić information content (AvgIpc) is 2.87. The van der Waals surface area contributed by atoms with Crippen LogP contribution in [0.25, 0.3) is 6.08 Å². The van der Waals surface area contributed by atoms with Crippen molar-refractivity contribution in [3.05, 3.63) is 62.2 Å². The van der Waals surface area contributed by atoms with Gasteiger partial charge in [-0.2, -0.15) is 0 Å². The molecule has 0 fully saturated rings. The van der Waals surface area contributed by atoms with Crippen LogP contribution in [0.5, 0.6) is 0 Å². The monoisotopic (exact) mass is 312 g/mol. The highest BCUT2D eigenvalue weighted by molar-refractivity contribution is 6.19. The summed E-state index contributed by atoms with van der Waals surface area (Å²) in [7, 11) is 1.38. The van der Waals surface area contributed by atoms with E-state index in [-0.39, 0.29) is 17.1 Å². The van der Waals surface area contributed by atoms with E-state index >= 15 is 0 Å². The topological polar surface area (TPSA) is 86.0 Å². The van der Waals surface area contributed by atoms with Gasteiger partial charge in [-0.15, -0.1) is 0 Å². The zero-order valence-electron chi connectivity index (χ0n) is 12.9. The molecule has 2 aromatic rings. The molecule has 0 unspecified atom stereocenters. The Balaban J connectivity index is 2.18. The lowest BCUT2D eigenvalue weighted by atomic mass is 10.1. The number of anilines is 1. The van der Waals surface area contributed by atoms with Gasteiger partial charge in [-0.1, -0.05) is 6.92 Å². The average molecular weight is 312 g/mol. The fourth-order valence-corrected chi connectivity index (χ4v) is 2.58. The Morgan fingerprint density at radius 1 is 1.22 bits per heavy atom. The van der Waals surface area contributed by atoms with Gasteiger partial charge >= 0.3 is 5.69 Å². The molecule has 0 bridgehead atoms. The second kappa shape index (κ2) is 5.68. The molecule has 0 aliphatic carbocycles. The Labute approximate surface area is 131 Å². The van der Waals surface area contributed by atoms with Crippen LogP contribution in [0, 0.1) is 0 Å². The maximum atomic E-state index is 12.6. The third-order valence-electron chi connectivity index (χ3n) is 3.73. The molecule has 0 amide bonds. The van der Waals surface area contributed by atoms with Crippen molar-refractivity contribution in [2.75, 3.05) is 5.32 Å². The van der Waals surface area contributed by atoms with Crippen LogP contribution in [0.15, 0.2) is 39.8 Å². The summed E-state index contributed by atoms with van der Waals surface area (Å²) < 4.78 is 2.41. The van der Waals surface area contributed by atoms with E-state index in [1.54, 1.807) is 30.6 Å². The Kier molecular flexibility index (Phi) is 3.69. The minimum Gasteiger partial charge on any atom is -0.338 e. The number of ketones is 1. The number of Topliss-reactive ketones (excluding diaryl/α,β-unsaturated/α-hetero) is 1. The van der Waals surface area contributed by atoms with Crippen LogP contribution >= 0.6 is 0 Å². The molecule has 0 saturated heterocycles. The van der Waals surface area contributed by atoms with Gasteiger partial charge in [0.15, 0.2) is 0 Å². The second-order valence-corrected chi connectivity index (χ2v) is 5.31. The summed E-state index contributed by atoms with van der Waals surface area (Å²) in [5.41, 5.74) is 0.0681. The van der Waals surface area contributed by atoms with Crippen molar-refractivity contribution in [1.29, 1.82) is 0 Å². The number of fused-ring (bicyclic) bond motifs is 1. The first-order chi connectivity index (χ1) is 11.0. The molecule has 7 nitrogen and oxygen atoms in total. The van der Waals surface area contributed by atoms with E-state index in [0.717, 1.165) is 10.1 Å². The van der Waals surface area contributed by atoms with E-state index in [2.05, 4.69) is 10.3 Å². The van der Waals surface area contributed by atoms with Crippen molar-refractivity contribution in [2.24, 2.45) is 7.05 Å². The molecule has 0 spiro atoms. The Bertz CT molecular complexity index is 923. The molecule has 0 saturated carbocycles. The molecule has 23 heavy (non-hydrogen) atoms. The van der Waals surface area contributed by atoms with Crippen LogP contribution in [0.3, 0.4) is 0 Å². The first kappa shape index (κ1) is 15.0. The third-order valence-corrected chi connectivity index (χ3v) is 3.73. The highest BCUT2D eigenvalue weighted by atomic mass is 16.2. The predicted molar refractivity (Wildman–Crippen MR) is 86.4 cm³/mol. The molecule has 7 heteroatoms. The maximum absolute atomic E-state index is 12.6. The summed E-state index contributed by atoms with van der Waals surface area (Å²) in [6.45, 7) is 2.35. The molecule has 0 radical (unpaired) electrons. The largest absolute Gasteiger partial charge is 0.338 e. The zero-order chi connectivity index (χ0) is 16.6. The number of nitrogens with one attached hydrogen (secondary N) is 1. The van der Waals surface area contributed by atoms with Crippen molar-refractivity contribution >= 4 is 17.7 Å². The first-order valence-electron chi connectivity index (χ1n) is 7.32. The number of pyridine rings is 1. The summed E-state index contributed by atoms with van der Waals surface area (Å²) in [5, 5.41) is 2.94. The van der Waals surface area contributed by atoms with Crippen LogP contribution in [0.2, 0.25) is 0 Å². The summed E-state index contributed by atoms with van der Waals surface area (Å²) in [6, 6.07) is 3.50. The van der Waals surface area contributed by atoms with Gasteiger partial charge in [0.1, 0.15) is 11.4 Å². The molecule has 2 aromatic heterocycles. The molecule has 1 aliphatic rings. The van der Waals surface area contributed by atoms with Crippen molar-refractivity contribution in [1.82, 2.24) is 14.1 Å². The minimum absolute atomic E-state index is 0.0147. The van der Waals surface area contributed by atoms with Crippen LogP contribution in [-0.4, -0.2) is 19.9 Å². The smallest absolute Gasteiger partial charge is 0.332 e. The van der Waals surface area contributed by atoms with Crippen LogP contribution in [0.4, 0.5) is 5.82 Å². The molecular weight excluding hydrogens is 296 g/mol. The van der Waals surface area contributed by atoms with E-state index in [1.807, 2.05) is 6.92 Å². The zero-order valence-corrected chi connectivity index (χ0v) is 12.9. The van der Waals surface area contributed by atoms with Gasteiger partial charge in [-0.25, -0.2) is 4.79 Å². The van der Waals surface area contributed by atoms with Gasteiger partial charge in [0.25, 0.3) is 5.56 Å². The molecule has 118 valence electrons. The Morgan fingerprint density at radius 3 is 2.57 bits per heavy atom. The number of hydrogen-bond donors (Lipinski definition) is 1. The van der Waals surface area contributed by atoms with Gasteiger partial charge < -0.3 is 5.32 Å². The predicted octanol–water partition coefficient (Wildman–Crippen LogP) is 1.00. The summed E-state index contributed by atoms with van der Waals surface area (Å²) >= 11 is 0. The number of carbonyl (C=O) groups excluding carboxylic acids is 1. The van der Waals surface area contributed by atoms with Gasteiger partial charge in [-0.3, -0.25) is 23.7 Å². The van der Waals surface area contributed by atoms with Crippen molar-refractivity contribution in [3.63, 3.8) is 0 Å². The number of carbonyl (C=O) groups is 1. The fraction of sp³-hybridized carbons (Fsp3) is 0.250. The van der Waals surface area contributed by atoms with Crippen molar-refractivity contribution < 1.29 is 4.79 Å². The lowest BCUT2D eigenvalue weighted by Gasteiger charge is -2.11. The van der Waals surface area contributed by atoms with E-state index in [4.69, 9.17) is 0 Å². The van der Waals surface area contributed by atoms with E-state index in [1.165, 1.54) is 11.6 Å². The number of aromatic nitrogens is 3. The highest BCUT2D eigenvalue weighted by Crippen LogP contribution is 2.25. The standard InChI is InChI=1S/C16H16N4O3/c1-3-8-20-14-12(15(22)19(2)16(20)23)13(21)11(18-14)9-10-4-6-17-7-5-10/h4-7,9,18H,3,8H2,1-2H3. The van der Waals surface area contributed by atoms with Crippen LogP contribution in [0.1, 0.15) is 29.3 Å². The highest BCUT2D eigenvalue weighted by Gasteiger charge is 2.32. The summed E-state index contributed by atoms with van der Waals surface area (Å²) in [4.78, 5) is 41.0. The lowest BCUT2D eigenvalue weighted by Crippen LogP contribution is -2.40. The third kappa shape index (κ3) is 2.40. The number of rotatable bonds is 3. The Hall–Kier alpha value is -2.96. The van der Waals surface area contributed by atoms with Gasteiger partial charge in [0.05, 0.1) is 5.70 Å². The van der Waals surface area contributed by atoms with Gasteiger partial charge in [-0.05, 0) is 30.2 Å².